The zero-order valence-electron chi connectivity index (χ0n) is 4.85. The summed E-state index contributed by atoms with van der Waals surface area (Å²) in [4.78, 5) is 10.2. The quantitative estimate of drug-likeness (QED) is 0.386. The zero-order chi connectivity index (χ0) is 5.98. The predicted octanol–water partition coefficient (Wildman–Crippen LogP) is 0.451. The lowest BCUT2D eigenvalue weighted by Crippen LogP contribution is -2.46. The van der Waals surface area contributed by atoms with E-state index in [-0.39, 0.29) is 5.91 Å². The number of hydrogen-bond donors (Lipinski definition) is 1. The molecular formula is C6H9NO. The molecule has 1 N–H and O–H groups in total. The fourth-order valence-electron chi connectivity index (χ4n) is 0.734. The second kappa shape index (κ2) is 1.99. The summed E-state index contributed by atoms with van der Waals surface area (Å²) >= 11 is 0. The maximum Gasteiger partial charge on any atom is 0.222 e. The monoisotopic (exact) mass is 111 g/mol. The molecule has 0 aliphatic carbocycles. The fraction of sp³-hybridized carbons (Fsp3) is 0.500. The van der Waals surface area contributed by atoms with Crippen molar-refractivity contribution in [2.24, 2.45) is 0 Å². The van der Waals surface area contributed by atoms with E-state index in [1.165, 1.54) is 0 Å². The Morgan fingerprint density at radius 1 is 1.88 bits per heavy atom. The van der Waals surface area contributed by atoms with E-state index in [4.69, 9.17) is 0 Å². The molecule has 1 aliphatic rings. The zero-order valence-corrected chi connectivity index (χ0v) is 4.85. The van der Waals surface area contributed by atoms with Gasteiger partial charge >= 0.3 is 0 Å². The number of hydrogen-bond acceptors (Lipinski definition) is 1. The van der Waals surface area contributed by atoms with Gasteiger partial charge in [-0.2, -0.15) is 0 Å². The first-order valence-corrected chi connectivity index (χ1v) is 2.75. The van der Waals surface area contributed by atoms with Crippen LogP contribution < -0.4 is 5.32 Å². The summed E-state index contributed by atoms with van der Waals surface area (Å²) in [5.41, 5.74) is 0. The Balaban J connectivity index is 2.25. The molecule has 2 heteroatoms. The smallest absolute Gasteiger partial charge is 0.222 e. The Morgan fingerprint density at radius 3 is 2.88 bits per heavy atom. The summed E-state index contributed by atoms with van der Waals surface area (Å²) in [6, 6.07) is 0.326. The van der Waals surface area contributed by atoms with Gasteiger partial charge < -0.3 is 5.32 Å². The van der Waals surface area contributed by atoms with Crippen LogP contribution in [0.5, 0.6) is 0 Å². The highest BCUT2D eigenvalue weighted by Crippen LogP contribution is 2.03. The maximum absolute atomic E-state index is 10.2. The molecule has 8 heavy (non-hydrogen) atoms. The van der Waals surface area contributed by atoms with E-state index in [9.17, 15) is 4.79 Å². The standard InChI is InChI=1S/C6H9NO/c1-2-3-5-4-6(8)7-5/h2-3,5H,4H2,1H3,(H,7,8)/b3-2+/t5-/m0/s1. The van der Waals surface area contributed by atoms with Crippen LogP contribution in [0, 0.1) is 0 Å². The minimum absolute atomic E-state index is 0.160. The Kier molecular flexibility index (Phi) is 1.33. The van der Waals surface area contributed by atoms with Crippen molar-refractivity contribution in [2.45, 2.75) is 19.4 Å². The van der Waals surface area contributed by atoms with Crippen molar-refractivity contribution in [2.75, 3.05) is 0 Å². The molecule has 0 aromatic rings. The minimum atomic E-state index is 0.160. The number of rotatable bonds is 1. The summed E-state index contributed by atoms with van der Waals surface area (Å²) in [7, 11) is 0. The highest BCUT2D eigenvalue weighted by atomic mass is 16.2. The van der Waals surface area contributed by atoms with Gasteiger partial charge in [-0.1, -0.05) is 12.2 Å². The van der Waals surface area contributed by atoms with E-state index in [2.05, 4.69) is 5.32 Å². The summed E-state index contributed by atoms with van der Waals surface area (Å²) in [6.07, 6.45) is 4.61. The molecule has 0 saturated carbocycles. The predicted molar refractivity (Wildman–Crippen MR) is 31.4 cm³/mol. The molecule has 1 heterocycles. The lowest BCUT2D eigenvalue weighted by Gasteiger charge is -2.23. The van der Waals surface area contributed by atoms with Gasteiger partial charge in [0.15, 0.2) is 0 Å². The topological polar surface area (TPSA) is 29.1 Å². The number of allylic oxidation sites excluding steroid dienone is 1. The fourth-order valence-corrected chi connectivity index (χ4v) is 0.734. The van der Waals surface area contributed by atoms with Crippen LogP contribution in [0.4, 0.5) is 0 Å². The summed E-state index contributed by atoms with van der Waals surface area (Å²) in [5, 5.41) is 2.72. The van der Waals surface area contributed by atoms with Gasteiger partial charge in [-0.3, -0.25) is 4.79 Å². The second-order valence-corrected chi connectivity index (χ2v) is 1.90. The lowest BCUT2D eigenvalue weighted by atomic mass is 10.1. The van der Waals surface area contributed by atoms with Crippen LogP contribution in [0.15, 0.2) is 12.2 Å². The van der Waals surface area contributed by atoms with Crippen molar-refractivity contribution in [1.82, 2.24) is 5.32 Å². The molecule has 0 aromatic heterocycles. The molecule has 0 spiro atoms. The molecule has 0 radical (unpaired) electrons. The third-order valence-electron chi connectivity index (χ3n) is 1.18. The van der Waals surface area contributed by atoms with Crippen LogP contribution >= 0.6 is 0 Å². The molecule has 1 fully saturated rings. The molecular weight excluding hydrogens is 102 g/mol. The van der Waals surface area contributed by atoms with E-state index < -0.39 is 0 Å². The van der Waals surface area contributed by atoms with E-state index in [1.54, 1.807) is 0 Å². The third-order valence-corrected chi connectivity index (χ3v) is 1.18. The van der Waals surface area contributed by atoms with Crippen molar-refractivity contribution < 1.29 is 4.79 Å². The molecule has 1 amide bonds. The van der Waals surface area contributed by atoms with Crippen molar-refractivity contribution in [3.05, 3.63) is 12.2 Å². The molecule has 1 saturated heterocycles. The summed E-state index contributed by atoms with van der Waals surface area (Å²) in [6.45, 7) is 1.95. The highest BCUT2D eigenvalue weighted by Gasteiger charge is 2.21. The van der Waals surface area contributed by atoms with Gasteiger partial charge in [0.1, 0.15) is 0 Å². The van der Waals surface area contributed by atoms with Crippen LogP contribution in [0.25, 0.3) is 0 Å². The Labute approximate surface area is 48.6 Å². The second-order valence-electron chi connectivity index (χ2n) is 1.90. The Morgan fingerprint density at radius 2 is 2.50 bits per heavy atom. The van der Waals surface area contributed by atoms with Crippen LogP contribution in [0.3, 0.4) is 0 Å². The maximum atomic E-state index is 10.2. The number of amides is 1. The Hall–Kier alpha value is -0.790. The molecule has 1 atom stereocenters. The highest BCUT2D eigenvalue weighted by molar-refractivity contribution is 5.83. The van der Waals surface area contributed by atoms with Crippen LogP contribution in [-0.2, 0) is 4.79 Å². The van der Waals surface area contributed by atoms with E-state index in [0.29, 0.717) is 12.5 Å². The first-order valence-electron chi connectivity index (χ1n) is 2.75. The largest absolute Gasteiger partial charge is 0.349 e. The number of carbonyl (C=O) groups is 1. The first kappa shape index (κ1) is 5.35. The molecule has 0 unspecified atom stereocenters. The van der Waals surface area contributed by atoms with Crippen molar-refractivity contribution >= 4 is 5.91 Å². The van der Waals surface area contributed by atoms with E-state index >= 15 is 0 Å². The molecule has 2 nitrogen and oxygen atoms in total. The molecule has 0 aromatic carbocycles. The first-order chi connectivity index (χ1) is 3.83. The lowest BCUT2D eigenvalue weighted by molar-refractivity contribution is -0.127. The minimum Gasteiger partial charge on any atom is -0.349 e. The van der Waals surface area contributed by atoms with Crippen molar-refractivity contribution in [3.8, 4) is 0 Å². The number of nitrogens with one attached hydrogen (secondary N) is 1. The third kappa shape index (κ3) is 0.886. The van der Waals surface area contributed by atoms with Crippen molar-refractivity contribution in [3.63, 3.8) is 0 Å². The van der Waals surface area contributed by atoms with Crippen LogP contribution in [-0.4, -0.2) is 11.9 Å². The molecule has 1 rings (SSSR count). The molecule has 0 bridgehead atoms. The van der Waals surface area contributed by atoms with E-state index in [0.717, 1.165) is 0 Å². The van der Waals surface area contributed by atoms with Gasteiger partial charge in [-0.25, -0.2) is 0 Å². The Bertz CT molecular complexity index is 120. The number of carbonyl (C=O) groups excluding carboxylic acids is 1. The van der Waals surface area contributed by atoms with E-state index in [1.807, 2.05) is 19.1 Å². The van der Waals surface area contributed by atoms with Crippen molar-refractivity contribution in [1.29, 1.82) is 0 Å². The average molecular weight is 111 g/mol. The van der Waals surface area contributed by atoms with Gasteiger partial charge in [0.05, 0.1) is 12.5 Å². The van der Waals surface area contributed by atoms with Gasteiger partial charge in [-0.05, 0) is 6.92 Å². The SMILES string of the molecule is C/C=C/[C@H]1CC(=O)N1. The molecule has 44 valence electrons. The van der Waals surface area contributed by atoms with Crippen LogP contribution in [0.2, 0.25) is 0 Å². The van der Waals surface area contributed by atoms with Crippen LogP contribution in [0.1, 0.15) is 13.3 Å². The van der Waals surface area contributed by atoms with Gasteiger partial charge in [0.2, 0.25) is 5.91 Å². The van der Waals surface area contributed by atoms with Gasteiger partial charge in [-0.15, -0.1) is 0 Å². The normalized spacial score (nSPS) is 27.6. The summed E-state index contributed by atoms with van der Waals surface area (Å²) in [5.74, 6) is 0.160. The number of β-lactam (4-membered cyclic amide) rings is 1. The average Bonchev–Trinajstić information content (AvgIpc) is 1.64. The van der Waals surface area contributed by atoms with Gasteiger partial charge in [0.25, 0.3) is 0 Å². The summed E-state index contributed by atoms with van der Waals surface area (Å²) < 4.78 is 0. The molecule has 1 aliphatic heterocycles. The van der Waals surface area contributed by atoms with Gasteiger partial charge in [0, 0.05) is 0 Å².